The molecule has 2 rings (SSSR count). The van der Waals surface area contributed by atoms with E-state index >= 15 is 0 Å². The van der Waals surface area contributed by atoms with Crippen LogP contribution in [0.15, 0.2) is 46.2 Å². The number of ether oxygens (including phenoxy) is 1. The Balaban J connectivity index is 2.02. The van der Waals surface area contributed by atoms with Crippen molar-refractivity contribution in [2.24, 2.45) is 0 Å². The minimum Gasteiger partial charge on any atom is -0.503 e. The Labute approximate surface area is 109 Å². The van der Waals surface area contributed by atoms with Gasteiger partial charge in [-0.05, 0) is 24.3 Å². The smallest absolute Gasteiger partial charge is 0.223 e. The van der Waals surface area contributed by atoms with E-state index in [2.05, 4.69) is 4.98 Å². The Morgan fingerprint density at radius 2 is 2.06 bits per heavy atom. The lowest BCUT2D eigenvalue weighted by atomic mass is 10.3. The maximum atomic E-state index is 11.2. The van der Waals surface area contributed by atoms with Crippen molar-refractivity contribution in [3.05, 3.63) is 52.4 Å². The first-order valence-corrected chi connectivity index (χ1v) is 6.35. The van der Waals surface area contributed by atoms with Gasteiger partial charge in [-0.3, -0.25) is 4.79 Å². The second-order valence-corrected chi connectivity index (χ2v) is 4.72. The molecule has 2 N–H and O–H groups in total. The predicted molar refractivity (Wildman–Crippen MR) is 71.3 cm³/mol. The summed E-state index contributed by atoms with van der Waals surface area (Å²) in [5.74, 6) is 1.20. The predicted octanol–water partition coefficient (Wildman–Crippen LogP) is 2.38. The number of aromatic hydroxyl groups is 1. The highest BCUT2D eigenvalue weighted by atomic mass is 32.2. The molecule has 5 heteroatoms. The first kappa shape index (κ1) is 12.6. The van der Waals surface area contributed by atoms with E-state index in [0.29, 0.717) is 5.75 Å². The van der Waals surface area contributed by atoms with Crippen LogP contribution in [-0.4, -0.2) is 17.2 Å². The second-order valence-electron chi connectivity index (χ2n) is 3.67. The number of aromatic nitrogens is 1. The number of thioether (sulfide) groups is 1. The van der Waals surface area contributed by atoms with Crippen molar-refractivity contribution in [2.45, 2.75) is 10.6 Å². The van der Waals surface area contributed by atoms with Crippen LogP contribution in [0.1, 0.15) is 5.69 Å². The molecule has 1 aromatic heterocycles. The highest BCUT2D eigenvalue weighted by molar-refractivity contribution is 7.98. The van der Waals surface area contributed by atoms with Crippen molar-refractivity contribution in [1.29, 1.82) is 0 Å². The van der Waals surface area contributed by atoms with Crippen molar-refractivity contribution in [3.8, 4) is 11.5 Å². The summed E-state index contributed by atoms with van der Waals surface area (Å²) < 4.78 is 5.08. The summed E-state index contributed by atoms with van der Waals surface area (Å²) in [5, 5.41) is 9.12. The molecule has 0 fully saturated rings. The van der Waals surface area contributed by atoms with Gasteiger partial charge in [-0.15, -0.1) is 11.8 Å². The van der Waals surface area contributed by atoms with Crippen molar-refractivity contribution in [2.75, 3.05) is 7.11 Å². The molecule has 1 aromatic carbocycles. The molecule has 0 spiro atoms. The quantitative estimate of drug-likeness (QED) is 0.831. The van der Waals surface area contributed by atoms with Gasteiger partial charge in [0.1, 0.15) is 5.75 Å². The van der Waals surface area contributed by atoms with E-state index in [0.717, 1.165) is 16.3 Å². The first-order valence-electron chi connectivity index (χ1n) is 5.36. The summed E-state index contributed by atoms with van der Waals surface area (Å²) in [5.41, 5.74) is 0.415. The third-order valence-electron chi connectivity index (χ3n) is 2.41. The van der Waals surface area contributed by atoms with Gasteiger partial charge in [0.25, 0.3) is 0 Å². The van der Waals surface area contributed by atoms with Gasteiger partial charge >= 0.3 is 0 Å². The minimum atomic E-state index is -0.362. The molecule has 2 aromatic rings. The van der Waals surface area contributed by atoms with E-state index in [4.69, 9.17) is 9.84 Å². The van der Waals surface area contributed by atoms with Gasteiger partial charge in [0.15, 0.2) is 5.75 Å². The van der Waals surface area contributed by atoms with Crippen molar-refractivity contribution >= 4 is 11.8 Å². The fourth-order valence-electron chi connectivity index (χ4n) is 1.42. The normalized spacial score (nSPS) is 10.3. The van der Waals surface area contributed by atoms with Gasteiger partial charge in [-0.25, -0.2) is 0 Å². The Bertz CT molecular complexity index is 578. The Morgan fingerprint density at radius 1 is 1.33 bits per heavy atom. The van der Waals surface area contributed by atoms with Gasteiger partial charge in [0, 0.05) is 28.6 Å². The van der Waals surface area contributed by atoms with Crippen LogP contribution in [0.4, 0.5) is 0 Å². The number of H-pyrrole nitrogens is 1. The third kappa shape index (κ3) is 3.07. The van der Waals surface area contributed by atoms with Gasteiger partial charge in [-0.2, -0.15) is 0 Å². The molecule has 0 aliphatic rings. The molecule has 0 aliphatic heterocycles. The summed E-state index contributed by atoms with van der Waals surface area (Å²) in [4.78, 5) is 15.2. The van der Waals surface area contributed by atoms with Crippen LogP contribution >= 0.6 is 11.8 Å². The van der Waals surface area contributed by atoms with E-state index in [9.17, 15) is 4.79 Å². The molecule has 94 valence electrons. The molecule has 0 saturated carbocycles. The molecule has 4 nitrogen and oxygen atoms in total. The fourth-order valence-corrected chi connectivity index (χ4v) is 2.24. The maximum Gasteiger partial charge on any atom is 0.223 e. The summed E-state index contributed by atoms with van der Waals surface area (Å²) in [6.07, 6.45) is 1.31. The van der Waals surface area contributed by atoms with Crippen LogP contribution in [0, 0.1) is 0 Å². The van der Waals surface area contributed by atoms with E-state index < -0.39 is 0 Å². The molecule has 0 amide bonds. The number of aromatic amines is 1. The van der Waals surface area contributed by atoms with E-state index in [1.165, 1.54) is 12.3 Å². The zero-order valence-corrected chi connectivity index (χ0v) is 10.7. The van der Waals surface area contributed by atoms with Crippen molar-refractivity contribution in [3.63, 3.8) is 0 Å². The molecular weight excluding hydrogens is 250 g/mol. The highest BCUT2D eigenvalue weighted by Crippen LogP contribution is 2.23. The molecular formula is C13H13NO3S. The van der Waals surface area contributed by atoms with E-state index in [1.54, 1.807) is 18.9 Å². The number of rotatable bonds is 4. The van der Waals surface area contributed by atoms with Crippen LogP contribution in [0.3, 0.4) is 0 Å². The van der Waals surface area contributed by atoms with Crippen LogP contribution in [0.25, 0.3) is 0 Å². The zero-order valence-electron chi connectivity index (χ0n) is 9.84. The van der Waals surface area contributed by atoms with Crippen molar-refractivity contribution < 1.29 is 9.84 Å². The van der Waals surface area contributed by atoms with E-state index in [-0.39, 0.29) is 11.2 Å². The summed E-state index contributed by atoms with van der Waals surface area (Å²) in [6, 6.07) is 9.11. The minimum absolute atomic E-state index is 0.256. The topological polar surface area (TPSA) is 62.3 Å². The average molecular weight is 263 g/mol. The highest BCUT2D eigenvalue weighted by Gasteiger charge is 2.01. The second kappa shape index (κ2) is 5.64. The van der Waals surface area contributed by atoms with Gasteiger partial charge in [0.2, 0.25) is 5.43 Å². The van der Waals surface area contributed by atoms with E-state index in [1.807, 2.05) is 24.3 Å². The zero-order chi connectivity index (χ0) is 13.0. The number of methoxy groups -OCH3 is 1. The number of hydrogen-bond donors (Lipinski definition) is 2. The molecule has 0 bridgehead atoms. The Hall–Kier alpha value is -1.88. The number of hydrogen-bond acceptors (Lipinski definition) is 4. The molecule has 0 unspecified atom stereocenters. The van der Waals surface area contributed by atoms with Gasteiger partial charge < -0.3 is 14.8 Å². The van der Waals surface area contributed by atoms with Crippen molar-refractivity contribution in [1.82, 2.24) is 4.98 Å². The largest absolute Gasteiger partial charge is 0.503 e. The first-order chi connectivity index (χ1) is 8.69. The lowest BCUT2D eigenvalue weighted by molar-refractivity contribution is 0.414. The van der Waals surface area contributed by atoms with Crippen LogP contribution in [0.5, 0.6) is 11.5 Å². The number of benzene rings is 1. The summed E-state index contributed by atoms with van der Waals surface area (Å²) in [6.45, 7) is 0. The van der Waals surface area contributed by atoms with Crippen LogP contribution in [0.2, 0.25) is 0 Å². The SMILES string of the molecule is COc1ccc(SCc2cc(=O)c(O)c[nH]2)cc1. The fraction of sp³-hybridized carbons (Fsp3) is 0.154. The Kier molecular flexibility index (Phi) is 3.94. The third-order valence-corrected chi connectivity index (χ3v) is 3.47. The molecule has 0 saturated heterocycles. The Morgan fingerprint density at radius 3 is 2.67 bits per heavy atom. The van der Waals surface area contributed by atoms with Crippen LogP contribution in [-0.2, 0) is 5.75 Å². The molecule has 0 aliphatic carbocycles. The average Bonchev–Trinajstić information content (AvgIpc) is 2.41. The monoisotopic (exact) mass is 263 g/mol. The van der Waals surface area contributed by atoms with Gasteiger partial charge in [0.05, 0.1) is 7.11 Å². The standard InChI is InChI=1S/C13H13NO3S/c1-17-10-2-4-11(5-3-10)18-8-9-6-12(15)13(16)7-14-9/h2-7,16H,8H2,1H3,(H,14,15). The maximum absolute atomic E-state index is 11.2. The number of nitrogens with one attached hydrogen (secondary N) is 1. The lowest BCUT2D eigenvalue weighted by Gasteiger charge is -2.04. The molecule has 1 heterocycles. The van der Waals surface area contributed by atoms with Crippen LogP contribution < -0.4 is 10.2 Å². The van der Waals surface area contributed by atoms with Gasteiger partial charge in [-0.1, -0.05) is 0 Å². The molecule has 0 radical (unpaired) electrons. The lowest BCUT2D eigenvalue weighted by Crippen LogP contribution is -2.01. The summed E-state index contributed by atoms with van der Waals surface area (Å²) >= 11 is 1.60. The molecule has 0 atom stereocenters. The number of pyridine rings is 1. The molecule has 18 heavy (non-hydrogen) atoms. The summed E-state index contributed by atoms with van der Waals surface area (Å²) in [7, 11) is 1.63.